The number of ether oxygens (including phenoxy) is 3. The zero-order valence-electron chi connectivity index (χ0n) is 23.5. The van der Waals surface area contributed by atoms with Gasteiger partial charge in [-0.25, -0.2) is 0 Å². The van der Waals surface area contributed by atoms with Crippen LogP contribution in [0.1, 0.15) is 41.7 Å². The maximum Gasteiger partial charge on any atom is 0.178 e. The molecule has 2 aliphatic rings. The minimum atomic E-state index is -0.874. The van der Waals surface area contributed by atoms with E-state index < -0.39 is 5.60 Å². The molecule has 0 bridgehead atoms. The van der Waals surface area contributed by atoms with E-state index in [9.17, 15) is 5.11 Å². The molecule has 5 aromatic carbocycles. The van der Waals surface area contributed by atoms with Gasteiger partial charge in [0, 0.05) is 27.5 Å². The molecule has 0 fully saturated rings. The molecule has 41 heavy (non-hydrogen) atoms. The molecule has 0 radical (unpaired) electrons. The minimum Gasteiger partial charge on any atom is -0.497 e. The Morgan fingerprint density at radius 2 is 1.39 bits per heavy atom. The standard InChI is InChI=1S/C37H32O4/c1-36(2)32-11-7-6-10-30(32)33-28-8-4-5-9-29(28)35-31(34(33)36)20-21-37(41-35,24-12-16-26(39-3)17-13-24)25-14-18-27(19-15-25)40-23-22-38/h4-21,38H,22-23H2,1-3H3. The molecule has 5 aromatic rings. The molecule has 4 heteroatoms. The van der Waals surface area contributed by atoms with E-state index in [4.69, 9.17) is 14.2 Å². The van der Waals surface area contributed by atoms with E-state index in [1.54, 1.807) is 7.11 Å². The summed E-state index contributed by atoms with van der Waals surface area (Å²) in [5.74, 6) is 2.38. The molecule has 1 heterocycles. The van der Waals surface area contributed by atoms with Crippen molar-refractivity contribution in [2.45, 2.75) is 24.9 Å². The van der Waals surface area contributed by atoms with Crippen molar-refractivity contribution in [3.8, 4) is 28.4 Å². The summed E-state index contributed by atoms with van der Waals surface area (Å²) in [7, 11) is 1.68. The van der Waals surface area contributed by atoms with Crippen molar-refractivity contribution in [1.29, 1.82) is 0 Å². The molecule has 4 nitrogen and oxygen atoms in total. The summed E-state index contributed by atoms with van der Waals surface area (Å²) >= 11 is 0. The zero-order chi connectivity index (χ0) is 28.2. The van der Waals surface area contributed by atoms with Crippen molar-refractivity contribution in [3.05, 3.63) is 131 Å². The van der Waals surface area contributed by atoms with Crippen LogP contribution in [0.4, 0.5) is 0 Å². The third-order valence-corrected chi connectivity index (χ3v) is 8.61. The highest BCUT2D eigenvalue weighted by Crippen LogP contribution is 2.58. The second kappa shape index (κ2) is 9.53. The summed E-state index contributed by atoms with van der Waals surface area (Å²) in [6.45, 7) is 4.85. The molecule has 1 aliphatic heterocycles. The zero-order valence-corrected chi connectivity index (χ0v) is 23.5. The van der Waals surface area contributed by atoms with Crippen LogP contribution in [0.15, 0.2) is 103 Å². The molecule has 0 saturated carbocycles. The Kier molecular flexibility index (Phi) is 5.91. The smallest absolute Gasteiger partial charge is 0.178 e. The number of aliphatic hydroxyl groups excluding tert-OH is 1. The van der Waals surface area contributed by atoms with E-state index in [2.05, 4.69) is 86.7 Å². The maximum absolute atomic E-state index is 9.19. The molecule has 1 atom stereocenters. The second-order valence-corrected chi connectivity index (χ2v) is 11.2. The Balaban J connectivity index is 1.48. The van der Waals surface area contributed by atoms with Gasteiger partial charge in [0.25, 0.3) is 0 Å². The Morgan fingerprint density at radius 1 is 0.756 bits per heavy atom. The first kappa shape index (κ1) is 25.4. The first-order valence-corrected chi connectivity index (χ1v) is 14.0. The van der Waals surface area contributed by atoms with Gasteiger partial charge in [0.1, 0.15) is 23.9 Å². The third-order valence-electron chi connectivity index (χ3n) is 8.61. The predicted octanol–water partition coefficient (Wildman–Crippen LogP) is 7.88. The van der Waals surface area contributed by atoms with E-state index in [-0.39, 0.29) is 18.6 Å². The molecule has 0 saturated heterocycles. The van der Waals surface area contributed by atoms with Gasteiger partial charge in [-0.05, 0) is 58.0 Å². The average molecular weight is 541 g/mol. The fourth-order valence-corrected chi connectivity index (χ4v) is 6.68. The van der Waals surface area contributed by atoms with E-state index >= 15 is 0 Å². The normalized spacial score (nSPS) is 17.9. The summed E-state index contributed by atoms with van der Waals surface area (Å²) in [6, 6.07) is 33.4. The summed E-state index contributed by atoms with van der Waals surface area (Å²) in [5.41, 5.74) is 7.30. The molecule has 0 spiro atoms. The van der Waals surface area contributed by atoms with Crippen LogP contribution >= 0.6 is 0 Å². The van der Waals surface area contributed by atoms with Gasteiger partial charge in [0.15, 0.2) is 5.60 Å². The van der Waals surface area contributed by atoms with E-state index in [1.165, 1.54) is 27.6 Å². The SMILES string of the molecule is COc1ccc(C2(c3ccc(OCCO)cc3)C=Cc3c4c(c5ccccc5c3O2)-c2ccccc2C4(C)C)cc1. The molecular formula is C37H32O4. The van der Waals surface area contributed by atoms with Gasteiger partial charge in [-0.3, -0.25) is 0 Å². The molecule has 1 aliphatic carbocycles. The van der Waals surface area contributed by atoms with E-state index in [0.29, 0.717) is 5.75 Å². The van der Waals surface area contributed by atoms with Crippen LogP contribution in [0.3, 0.4) is 0 Å². The topological polar surface area (TPSA) is 47.9 Å². The summed E-state index contributed by atoms with van der Waals surface area (Å²) in [6.07, 6.45) is 4.45. The van der Waals surface area contributed by atoms with Gasteiger partial charge >= 0.3 is 0 Å². The molecule has 204 valence electrons. The third kappa shape index (κ3) is 3.78. The molecular weight excluding hydrogens is 508 g/mol. The Hall–Kier alpha value is -4.54. The van der Waals surface area contributed by atoms with Crippen molar-refractivity contribution in [3.63, 3.8) is 0 Å². The Labute approximate surface area is 240 Å². The highest BCUT2D eigenvalue weighted by Gasteiger charge is 2.44. The summed E-state index contributed by atoms with van der Waals surface area (Å²) in [4.78, 5) is 0. The van der Waals surface area contributed by atoms with Crippen molar-refractivity contribution in [2.24, 2.45) is 0 Å². The van der Waals surface area contributed by atoms with Crippen LogP contribution in [0, 0.1) is 0 Å². The van der Waals surface area contributed by atoms with Crippen LogP contribution in [0.2, 0.25) is 0 Å². The predicted molar refractivity (Wildman–Crippen MR) is 164 cm³/mol. The quantitative estimate of drug-likeness (QED) is 0.238. The number of rotatable bonds is 6. The molecule has 1 unspecified atom stereocenters. The molecule has 0 amide bonds. The number of fused-ring (bicyclic) bond motifs is 8. The monoisotopic (exact) mass is 540 g/mol. The number of aliphatic hydroxyl groups is 1. The van der Waals surface area contributed by atoms with Crippen molar-refractivity contribution in [1.82, 2.24) is 0 Å². The first-order valence-electron chi connectivity index (χ1n) is 14.0. The lowest BCUT2D eigenvalue weighted by atomic mass is 9.77. The van der Waals surface area contributed by atoms with Crippen LogP contribution in [-0.2, 0) is 11.0 Å². The number of hydrogen-bond acceptors (Lipinski definition) is 4. The van der Waals surface area contributed by atoms with E-state index in [0.717, 1.165) is 33.6 Å². The van der Waals surface area contributed by atoms with Gasteiger partial charge < -0.3 is 19.3 Å². The Bertz CT molecular complexity index is 1800. The van der Waals surface area contributed by atoms with Gasteiger partial charge in [-0.15, -0.1) is 0 Å². The van der Waals surface area contributed by atoms with Crippen molar-refractivity contribution >= 4 is 16.8 Å². The highest BCUT2D eigenvalue weighted by molar-refractivity contribution is 6.08. The summed E-state index contributed by atoms with van der Waals surface area (Å²) < 4.78 is 18.4. The number of benzene rings is 5. The van der Waals surface area contributed by atoms with Gasteiger partial charge in [-0.2, -0.15) is 0 Å². The van der Waals surface area contributed by atoms with Crippen molar-refractivity contribution < 1.29 is 19.3 Å². The van der Waals surface area contributed by atoms with Gasteiger partial charge in [0.05, 0.1) is 13.7 Å². The maximum atomic E-state index is 9.19. The number of methoxy groups -OCH3 is 1. The fraction of sp³-hybridized carbons (Fsp3) is 0.189. The largest absolute Gasteiger partial charge is 0.497 e. The lowest BCUT2D eigenvalue weighted by molar-refractivity contribution is 0.163. The van der Waals surface area contributed by atoms with Crippen LogP contribution in [0.25, 0.3) is 28.0 Å². The molecule has 7 rings (SSSR count). The molecule has 1 N–H and O–H groups in total. The van der Waals surface area contributed by atoms with Gasteiger partial charge in [0.2, 0.25) is 0 Å². The second-order valence-electron chi connectivity index (χ2n) is 11.2. The van der Waals surface area contributed by atoms with Crippen LogP contribution < -0.4 is 14.2 Å². The first-order chi connectivity index (χ1) is 20.0. The number of hydrogen-bond donors (Lipinski definition) is 1. The molecule has 0 aromatic heterocycles. The Morgan fingerprint density at radius 3 is 2.07 bits per heavy atom. The minimum absolute atomic E-state index is 0.0300. The average Bonchev–Trinajstić information content (AvgIpc) is 3.27. The van der Waals surface area contributed by atoms with Gasteiger partial charge in [-0.1, -0.05) is 92.7 Å². The van der Waals surface area contributed by atoms with Crippen LogP contribution in [0.5, 0.6) is 17.2 Å². The lowest BCUT2D eigenvalue weighted by Crippen LogP contribution is -2.35. The van der Waals surface area contributed by atoms with E-state index in [1.807, 2.05) is 36.4 Å². The lowest BCUT2D eigenvalue weighted by Gasteiger charge is -2.38. The van der Waals surface area contributed by atoms with Crippen molar-refractivity contribution in [2.75, 3.05) is 20.3 Å². The summed E-state index contributed by atoms with van der Waals surface area (Å²) in [5, 5.41) is 11.5. The van der Waals surface area contributed by atoms with Crippen LogP contribution in [-0.4, -0.2) is 25.4 Å². The fourth-order valence-electron chi connectivity index (χ4n) is 6.68. The highest BCUT2D eigenvalue weighted by atomic mass is 16.5.